The molecule has 0 spiro atoms. The second-order valence-corrected chi connectivity index (χ2v) is 6.38. The maximum absolute atomic E-state index is 10.7. The highest BCUT2D eigenvalue weighted by molar-refractivity contribution is 5.55. The average Bonchev–Trinajstić information content (AvgIpc) is 3.29. The van der Waals surface area contributed by atoms with Crippen LogP contribution in [0.4, 0.5) is 0 Å². The minimum absolute atomic E-state index is 0.0697. The van der Waals surface area contributed by atoms with Crippen molar-refractivity contribution in [3.05, 3.63) is 47.5 Å². The van der Waals surface area contributed by atoms with Crippen LogP contribution in [0.1, 0.15) is 36.9 Å². The molecule has 0 amide bonds. The normalized spacial score (nSPS) is 17.6. The molecule has 0 saturated carbocycles. The number of likely N-dealkylation sites (tertiary alicyclic amines) is 1. The third-order valence-electron chi connectivity index (χ3n) is 4.84. The van der Waals surface area contributed by atoms with Crippen molar-refractivity contribution >= 4 is 0 Å². The van der Waals surface area contributed by atoms with Crippen LogP contribution < -0.4 is 14.2 Å². The molecule has 5 heteroatoms. The van der Waals surface area contributed by atoms with Crippen LogP contribution in [0.5, 0.6) is 23.0 Å². The average molecular weight is 341 g/mol. The highest BCUT2D eigenvalue weighted by atomic mass is 16.7. The van der Waals surface area contributed by atoms with E-state index in [-0.39, 0.29) is 18.6 Å². The molecule has 1 N–H and O–H groups in total. The molecular weight excluding hydrogens is 318 g/mol. The Balaban J connectivity index is 1.83. The first-order valence-corrected chi connectivity index (χ1v) is 8.86. The molecule has 1 saturated heterocycles. The van der Waals surface area contributed by atoms with Crippen LogP contribution >= 0.6 is 0 Å². The summed E-state index contributed by atoms with van der Waals surface area (Å²) in [7, 11) is 0. The van der Waals surface area contributed by atoms with Gasteiger partial charge < -0.3 is 19.3 Å². The molecule has 2 aliphatic rings. The van der Waals surface area contributed by atoms with Crippen molar-refractivity contribution in [3.63, 3.8) is 0 Å². The minimum atomic E-state index is -0.0697. The Bertz CT molecular complexity index is 755. The predicted octanol–water partition coefficient (Wildman–Crippen LogP) is 3.70. The molecule has 4 rings (SSSR count). The lowest BCUT2D eigenvalue weighted by Gasteiger charge is -2.30. The first-order chi connectivity index (χ1) is 12.3. The molecule has 5 nitrogen and oxygen atoms in total. The highest BCUT2D eigenvalue weighted by Crippen LogP contribution is 2.45. The molecule has 2 aromatic carbocycles. The van der Waals surface area contributed by atoms with Crippen molar-refractivity contribution in [2.45, 2.75) is 25.8 Å². The number of phenolic OH excluding ortho intramolecular Hbond substituents is 1. The highest BCUT2D eigenvalue weighted by Gasteiger charge is 2.31. The van der Waals surface area contributed by atoms with Crippen molar-refractivity contribution in [1.82, 2.24) is 4.90 Å². The summed E-state index contributed by atoms with van der Waals surface area (Å²) in [6, 6.07) is 11.6. The summed E-state index contributed by atoms with van der Waals surface area (Å²) in [5.41, 5.74) is 1.90. The summed E-state index contributed by atoms with van der Waals surface area (Å²) in [5.74, 6) is 2.37. The number of nitrogens with zero attached hydrogens (tertiary/aromatic N) is 1. The van der Waals surface area contributed by atoms with E-state index in [2.05, 4.69) is 11.0 Å². The van der Waals surface area contributed by atoms with Gasteiger partial charge in [-0.1, -0.05) is 18.2 Å². The lowest BCUT2D eigenvalue weighted by molar-refractivity contribution is 0.173. The first-order valence-electron chi connectivity index (χ1n) is 8.86. The Labute approximate surface area is 147 Å². The third kappa shape index (κ3) is 3.00. The Morgan fingerprint density at radius 3 is 2.56 bits per heavy atom. The van der Waals surface area contributed by atoms with Gasteiger partial charge in [0.05, 0.1) is 12.6 Å². The van der Waals surface area contributed by atoms with Gasteiger partial charge in [-0.25, -0.2) is 0 Å². The van der Waals surface area contributed by atoms with Gasteiger partial charge in [-0.15, -0.1) is 0 Å². The van der Waals surface area contributed by atoms with Gasteiger partial charge in [-0.2, -0.15) is 0 Å². The first kappa shape index (κ1) is 16.1. The molecule has 25 heavy (non-hydrogen) atoms. The van der Waals surface area contributed by atoms with E-state index in [1.165, 1.54) is 12.8 Å². The summed E-state index contributed by atoms with van der Waals surface area (Å²) in [4.78, 5) is 2.40. The largest absolute Gasteiger partial charge is 0.507 e. The van der Waals surface area contributed by atoms with Gasteiger partial charge in [0.2, 0.25) is 6.79 Å². The van der Waals surface area contributed by atoms with Crippen LogP contribution in [-0.2, 0) is 0 Å². The minimum Gasteiger partial charge on any atom is -0.507 e. The van der Waals surface area contributed by atoms with E-state index in [1.807, 2.05) is 31.2 Å². The van der Waals surface area contributed by atoms with Crippen molar-refractivity contribution in [2.75, 3.05) is 26.5 Å². The maximum Gasteiger partial charge on any atom is 0.231 e. The number of hydrogen-bond donors (Lipinski definition) is 1. The Morgan fingerprint density at radius 2 is 1.80 bits per heavy atom. The van der Waals surface area contributed by atoms with Crippen LogP contribution in [0.2, 0.25) is 0 Å². The zero-order chi connectivity index (χ0) is 17.2. The summed E-state index contributed by atoms with van der Waals surface area (Å²) >= 11 is 0. The van der Waals surface area contributed by atoms with Gasteiger partial charge in [-0.3, -0.25) is 4.90 Å². The van der Waals surface area contributed by atoms with Crippen molar-refractivity contribution in [2.24, 2.45) is 0 Å². The van der Waals surface area contributed by atoms with Gasteiger partial charge in [0.25, 0.3) is 0 Å². The molecule has 0 aliphatic carbocycles. The van der Waals surface area contributed by atoms with Crippen LogP contribution in [0, 0.1) is 0 Å². The smallest absolute Gasteiger partial charge is 0.231 e. The zero-order valence-corrected chi connectivity index (χ0v) is 14.4. The van der Waals surface area contributed by atoms with E-state index in [0.29, 0.717) is 18.1 Å². The molecule has 0 bridgehead atoms. The van der Waals surface area contributed by atoms with Crippen molar-refractivity contribution in [3.8, 4) is 23.0 Å². The summed E-state index contributed by atoms with van der Waals surface area (Å²) < 4.78 is 16.8. The molecule has 0 aromatic heterocycles. The van der Waals surface area contributed by atoms with Crippen LogP contribution in [0.3, 0.4) is 0 Å². The fourth-order valence-electron chi connectivity index (χ4n) is 3.72. The van der Waals surface area contributed by atoms with E-state index in [4.69, 9.17) is 14.2 Å². The number of aromatic hydroxyl groups is 1. The molecule has 2 aromatic rings. The number of benzene rings is 2. The van der Waals surface area contributed by atoms with E-state index in [9.17, 15) is 5.11 Å². The number of phenols is 1. The third-order valence-corrected chi connectivity index (χ3v) is 4.84. The number of fused-ring (bicyclic) bond motifs is 1. The Kier molecular flexibility index (Phi) is 4.40. The van der Waals surface area contributed by atoms with Crippen LogP contribution in [0.25, 0.3) is 0 Å². The van der Waals surface area contributed by atoms with Crippen LogP contribution in [0.15, 0.2) is 36.4 Å². The summed E-state index contributed by atoms with van der Waals surface area (Å²) in [5, 5.41) is 10.7. The van der Waals surface area contributed by atoms with E-state index < -0.39 is 0 Å². The molecule has 1 unspecified atom stereocenters. The quantitative estimate of drug-likeness (QED) is 0.898. The molecule has 0 radical (unpaired) electrons. The molecule has 1 fully saturated rings. The van der Waals surface area contributed by atoms with Crippen molar-refractivity contribution < 1.29 is 19.3 Å². The Morgan fingerprint density at radius 1 is 1.08 bits per heavy atom. The molecule has 2 heterocycles. The van der Waals surface area contributed by atoms with Gasteiger partial charge in [0.1, 0.15) is 11.5 Å². The molecule has 1 atom stereocenters. The molecule has 132 valence electrons. The number of para-hydroxylation sites is 1. The summed E-state index contributed by atoms with van der Waals surface area (Å²) in [6.45, 7) is 4.79. The topological polar surface area (TPSA) is 51.2 Å². The van der Waals surface area contributed by atoms with E-state index in [1.54, 1.807) is 6.07 Å². The number of ether oxygens (including phenoxy) is 3. The molecule has 2 aliphatic heterocycles. The van der Waals surface area contributed by atoms with E-state index >= 15 is 0 Å². The standard InChI is InChI=1S/C20H23NO4/c1-2-23-17-8-4-3-7-14(17)20(21-9-5-6-10-21)15-11-18-19(12-16(15)22)25-13-24-18/h3-4,7-8,11-12,20,22H,2,5-6,9-10,13H2,1H3. The van der Waals surface area contributed by atoms with Gasteiger partial charge >= 0.3 is 0 Å². The zero-order valence-electron chi connectivity index (χ0n) is 14.4. The monoisotopic (exact) mass is 341 g/mol. The number of rotatable bonds is 5. The lowest BCUT2D eigenvalue weighted by atomic mass is 9.95. The lowest BCUT2D eigenvalue weighted by Crippen LogP contribution is -2.27. The second-order valence-electron chi connectivity index (χ2n) is 6.38. The summed E-state index contributed by atoms with van der Waals surface area (Å²) in [6.07, 6.45) is 2.33. The fraction of sp³-hybridized carbons (Fsp3) is 0.400. The second kappa shape index (κ2) is 6.84. The van der Waals surface area contributed by atoms with Crippen LogP contribution in [-0.4, -0.2) is 36.5 Å². The maximum atomic E-state index is 10.7. The Hall–Kier alpha value is -2.40. The SMILES string of the molecule is CCOc1ccccc1C(c1cc2c(cc1O)OCO2)N1CCCC1. The van der Waals surface area contributed by atoms with E-state index in [0.717, 1.165) is 30.0 Å². The van der Waals surface area contributed by atoms with Gasteiger partial charge in [0.15, 0.2) is 11.5 Å². The van der Waals surface area contributed by atoms with Crippen molar-refractivity contribution in [1.29, 1.82) is 0 Å². The molecular formula is C20H23NO4. The van der Waals surface area contributed by atoms with Gasteiger partial charge in [-0.05, 0) is 45.0 Å². The fourth-order valence-corrected chi connectivity index (χ4v) is 3.72. The van der Waals surface area contributed by atoms with Gasteiger partial charge in [0, 0.05) is 17.2 Å². The number of hydrogen-bond acceptors (Lipinski definition) is 5. The predicted molar refractivity (Wildman–Crippen MR) is 94.5 cm³/mol.